The third-order valence-electron chi connectivity index (χ3n) is 7.55. The lowest BCUT2D eigenvalue weighted by molar-refractivity contribution is -0.0133. The summed E-state index contributed by atoms with van der Waals surface area (Å²) in [6, 6.07) is 7.40. The molecule has 1 aromatic rings. The van der Waals surface area contributed by atoms with E-state index in [1.54, 1.807) is 18.1 Å². The Hall–Kier alpha value is -1.15. The molecule has 0 unspecified atom stereocenters. The summed E-state index contributed by atoms with van der Waals surface area (Å²) in [5.74, 6) is 2.03. The molecule has 24 heavy (non-hydrogen) atoms. The molecular weight excluding hydrogens is 294 g/mol. The molecule has 1 aliphatic heterocycles. The summed E-state index contributed by atoms with van der Waals surface area (Å²) in [5, 5.41) is 0. The summed E-state index contributed by atoms with van der Waals surface area (Å²) in [6.45, 7) is 4.33. The van der Waals surface area contributed by atoms with E-state index in [0.717, 1.165) is 23.4 Å². The third kappa shape index (κ3) is 2.22. The van der Waals surface area contributed by atoms with Crippen molar-refractivity contribution in [3.05, 3.63) is 34.9 Å². The van der Waals surface area contributed by atoms with Gasteiger partial charge < -0.3 is 0 Å². The van der Waals surface area contributed by atoms with E-state index in [-0.39, 0.29) is 5.78 Å². The van der Waals surface area contributed by atoms with Gasteiger partial charge in [0.15, 0.2) is 5.78 Å². The van der Waals surface area contributed by atoms with Crippen LogP contribution in [-0.2, 0) is 11.8 Å². The minimum absolute atomic E-state index is 0.217. The summed E-state index contributed by atoms with van der Waals surface area (Å²) in [6.07, 6.45) is 11.0. The van der Waals surface area contributed by atoms with Crippen LogP contribution in [0.4, 0.5) is 0 Å². The van der Waals surface area contributed by atoms with Crippen LogP contribution in [0.1, 0.15) is 73.4 Å². The maximum Gasteiger partial charge on any atom is 0.159 e. The average molecular weight is 323 g/mol. The zero-order valence-electron chi connectivity index (χ0n) is 14.9. The molecule has 2 saturated carbocycles. The molecule has 0 aromatic heterocycles. The van der Waals surface area contributed by atoms with Crippen molar-refractivity contribution < 1.29 is 4.79 Å². The zero-order valence-corrected chi connectivity index (χ0v) is 14.9. The van der Waals surface area contributed by atoms with Crippen LogP contribution in [0.2, 0.25) is 0 Å². The number of rotatable bonds is 3. The van der Waals surface area contributed by atoms with Crippen LogP contribution in [-0.4, -0.2) is 29.8 Å². The fourth-order valence-electron chi connectivity index (χ4n) is 6.16. The zero-order chi connectivity index (χ0) is 16.3. The number of ketones is 1. The van der Waals surface area contributed by atoms with Crippen molar-refractivity contribution in [2.75, 3.05) is 13.1 Å². The number of hydrogen-bond acceptors (Lipinski definition) is 2. The van der Waals surface area contributed by atoms with Crippen LogP contribution in [0.5, 0.6) is 0 Å². The Kier molecular flexibility index (Phi) is 3.42. The van der Waals surface area contributed by atoms with Gasteiger partial charge in [0.1, 0.15) is 0 Å². The normalized spacial score (nSPS) is 35.2. The summed E-state index contributed by atoms with van der Waals surface area (Å²) >= 11 is 0. The molecule has 1 heterocycles. The van der Waals surface area contributed by atoms with E-state index in [9.17, 15) is 4.79 Å². The van der Waals surface area contributed by atoms with Crippen LogP contribution in [0.25, 0.3) is 0 Å². The maximum absolute atomic E-state index is 11.9. The minimum atomic E-state index is 0.217. The topological polar surface area (TPSA) is 20.3 Å². The predicted octanol–water partition coefficient (Wildman–Crippen LogP) is 4.36. The number of Topliss-reactive ketones (excluding diaryl/α,β-unsaturated/α-hetero) is 1. The number of likely N-dealkylation sites (tertiary alicyclic amines) is 1. The predicted molar refractivity (Wildman–Crippen MR) is 96.5 cm³/mol. The Morgan fingerprint density at radius 3 is 2.88 bits per heavy atom. The molecule has 0 amide bonds. The molecule has 4 aliphatic rings. The fourth-order valence-corrected chi connectivity index (χ4v) is 6.16. The van der Waals surface area contributed by atoms with Gasteiger partial charge in [0, 0.05) is 23.6 Å². The van der Waals surface area contributed by atoms with Crippen molar-refractivity contribution in [2.45, 2.75) is 69.7 Å². The monoisotopic (exact) mass is 323 g/mol. The van der Waals surface area contributed by atoms with Crippen LogP contribution >= 0.6 is 0 Å². The molecule has 0 N–H and O–H groups in total. The highest BCUT2D eigenvalue weighted by molar-refractivity contribution is 5.94. The molecule has 3 atom stereocenters. The van der Waals surface area contributed by atoms with Gasteiger partial charge in [-0.3, -0.25) is 9.69 Å². The van der Waals surface area contributed by atoms with Crippen molar-refractivity contribution in [3.8, 4) is 0 Å². The van der Waals surface area contributed by atoms with E-state index in [0.29, 0.717) is 5.41 Å². The van der Waals surface area contributed by atoms with E-state index < -0.39 is 0 Å². The SMILES string of the molecule is CC(=O)c1ccc2c(c1)[C@@]13CCCC[C@H]1[C@@H](C2)N(CC1CC1)CC3. The first-order valence-corrected chi connectivity index (χ1v) is 10.1. The van der Waals surface area contributed by atoms with Crippen molar-refractivity contribution in [2.24, 2.45) is 11.8 Å². The van der Waals surface area contributed by atoms with Crippen molar-refractivity contribution in [1.29, 1.82) is 0 Å². The van der Waals surface area contributed by atoms with Crippen molar-refractivity contribution in [1.82, 2.24) is 4.90 Å². The maximum atomic E-state index is 11.9. The van der Waals surface area contributed by atoms with E-state index in [1.807, 2.05) is 0 Å². The second-order valence-corrected chi connectivity index (χ2v) is 8.90. The molecule has 3 fully saturated rings. The molecule has 2 heteroatoms. The Labute approximate surface area is 145 Å². The number of fused-ring (bicyclic) bond motifs is 1. The van der Waals surface area contributed by atoms with Crippen LogP contribution in [0.15, 0.2) is 18.2 Å². The molecule has 3 aliphatic carbocycles. The van der Waals surface area contributed by atoms with Gasteiger partial charge in [-0.15, -0.1) is 0 Å². The molecule has 0 radical (unpaired) electrons. The number of hydrogen-bond donors (Lipinski definition) is 0. The highest BCUT2D eigenvalue weighted by Gasteiger charge is 2.54. The minimum Gasteiger partial charge on any atom is -0.299 e. The van der Waals surface area contributed by atoms with Crippen molar-refractivity contribution >= 4 is 5.78 Å². The number of carbonyl (C=O) groups is 1. The highest BCUT2D eigenvalue weighted by atomic mass is 16.1. The highest BCUT2D eigenvalue weighted by Crippen LogP contribution is 2.56. The lowest BCUT2D eigenvalue weighted by Crippen LogP contribution is -2.61. The van der Waals surface area contributed by atoms with Gasteiger partial charge in [-0.05, 0) is 81.0 Å². The molecule has 2 bridgehead atoms. The number of benzene rings is 1. The largest absolute Gasteiger partial charge is 0.299 e. The summed E-state index contributed by atoms with van der Waals surface area (Å²) in [4.78, 5) is 14.8. The lowest BCUT2D eigenvalue weighted by atomic mass is 9.52. The summed E-state index contributed by atoms with van der Waals surface area (Å²) in [7, 11) is 0. The van der Waals surface area contributed by atoms with Crippen LogP contribution in [0, 0.1) is 11.8 Å². The third-order valence-corrected chi connectivity index (χ3v) is 7.55. The first-order valence-electron chi connectivity index (χ1n) is 10.1. The number of carbonyl (C=O) groups excluding carboxylic acids is 1. The van der Waals surface area contributed by atoms with Gasteiger partial charge in [0.25, 0.3) is 0 Å². The molecule has 1 aromatic carbocycles. The second kappa shape index (κ2) is 5.42. The quantitative estimate of drug-likeness (QED) is 0.770. The standard InChI is InChI=1S/C22H29NO/c1-15(24)17-7-8-18-13-21-19-4-2-3-9-22(19,20(18)12-17)10-11-23(21)14-16-5-6-16/h7-8,12,16,19,21H,2-6,9-11,13-14H2,1H3/t19-,21+,22+/m0/s1. The van der Waals surface area contributed by atoms with Crippen LogP contribution < -0.4 is 0 Å². The molecule has 0 spiro atoms. The Morgan fingerprint density at radius 2 is 2.08 bits per heavy atom. The summed E-state index contributed by atoms with van der Waals surface area (Å²) in [5.41, 5.74) is 4.40. The van der Waals surface area contributed by atoms with E-state index in [1.165, 1.54) is 64.5 Å². The van der Waals surface area contributed by atoms with E-state index in [2.05, 4.69) is 23.1 Å². The molecule has 1 saturated heterocycles. The Morgan fingerprint density at radius 1 is 1.21 bits per heavy atom. The van der Waals surface area contributed by atoms with Crippen molar-refractivity contribution in [3.63, 3.8) is 0 Å². The van der Waals surface area contributed by atoms with Gasteiger partial charge in [0.05, 0.1) is 0 Å². The van der Waals surface area contributed by atoms with Gasteiger partial charge in [-0.1, -0.05) is 25.0 Å². The smallest absolute Gasteiger partial charge is 0.159 e. The molecule has 2 nitrogen and oxygen atoms in total. The number of piperidine rings is 1. The first-order chi connectivity index (χ1) is 11.7. The molecule has 128 valence electrons. The van der Waals surface area contributed by atoms with E-state index in [4.69, 9.17) is 0 Å². The molecule has 5 rings (SSSR count). The van der Waals surface area contributed by atoms with Gasteiger partial charge >= 0.3 is 0 Å². The fraction of sp³-hybridized carbons (Fsp3) is 0.682. The molecular formula is C22H29NO. The van der Waals surface area contributed by atoms with E-state index >= 15 is 0 Å². The Balaban J connectivity index is 1.58. The Bertz CT molecular complexity index is 677. The average Bonchev–Trinajstić information content (AvgIpc) is 3.41. The van der Waals surface area contributed by atoms with Crippen LogP contribution in [0.3, 0.4) is 0 Å². The van der Waals surface area contributed by atoms with Gasteiger partial charge in [-0.2, -0.15) is 0 Å². The van der Waals surface area contributed by atoms with Gasteiger partial charge in [-0.25, -0.2) is 0 Å². The van der Waals surface area contributed by atoms with Gasteiger partial charge in [0.2, 0.25) is 0 Å². The summed E-state index contributed by atoms with van der Waals surface area (Å²) < 4.78 is 0. The second-order valence-electron chi connectivity index (χ2n) is 8.90. The number of nitrogens with zero attached hydrogens (tertiary/aromatic N) is 1. The lowest BCUT2D eigenvalue weighted by Gasteiger charge is -2.59. The first kappa shape index (κ1) is 15.1.